The highest BCUT2D eigenvalue weighted by molar-refractivity contribution is 6.31. The Morgan fingerprint density at radius 2 is 1.58 bits per heavy atom. The van der Waals surface area contributed by atoms with E-state index in [1.807, 2.05) is 37.3 Å². The lowest BCUT2D eigenvalue weighted by atomic mass is 10.2. The maximum absolute atomic E-state index is 12.7. The van der Waals surface area contributed by atoms with E-state index < -0.39 is 0 Å². The molecule has 0 aliphatic rings. The minimum atomic E-state index is -0.286. The number of ether oxygens (including phenoxy) is 2. The Morgan fingerprint density at radius 1 is 0.879 bits per heavy atom. The van der Waals surface area contributed by atoms with Crippen molar-refractivity contribution in [2.45, 2.75) is 6.92 Å². The van der Waals surface area contributed by atoms with Gasteiger partial charge in [0.25, 0.3) is 0 Å². The second-order valence-electron chi connectivity index (χ2n) is 7.19. The Balaban J connectivity index is 1.60. The van der Waals surface area contributed by atoms with Crippen LogP contribution >= 0.6 is 11.6 Å². The molecule has 0 atom stereocenters. The zero-order valence-corrected chi connectivity index (χ0v) is 19.3. The highest BCUT2D eigenvalue weighted by atomic mass is 35.5. The van der Waals surface area contributed by atoms with E-state index in [4.69, 9.17) is 21.1 Å². The van der Waals surface area contributed by atoms with Gasteiger partial charge in [0, 0.05) is 16.8 Å². The lowest BCUT2D eigenvalue weighted by Crippen LogP contribution is -2.38. The number of methoxy groups -OCH3 is 1. The van der Waals surface area contributed by atoms with Crippen LogP contribution in [0.3, 0.4) is 0 Å². The average molecular weight is 468 g/mol. The molecule has 0 aromatic heterocycles. The minimum Gasteiger partial charge on any atom is -0.497 e. The van der Waals surface area contributed by atoms with E-state index in [0.29, 0.717) is 40.2 Å². The molecule has 3 aromatic carbocycles. The van der Waals surface area contributed by atoms with Crippen LogP contribution in [0.1, 0.15) is 6.92 Å². The van der Waals surface area contributed by atoms with Crippen LogP contribution in [0, 0.1) is 0 Å². The van der Waals surface area contributed by atoms with E-state index in [1.165, 1.54) is 0 Å². The Labute approximate surface area is 198 Å². The molecule has 0 radical (unpaired) electrons. The molecule has 3 aromatic rings. The fraction of sp³-hybridized carbons (Fsp3) is 0.200. The van der Waals surface area contributed by atoms with Gasteiger partial charge in [-0.15, -0.1) is 0 Å². The average Bonchev–Trinajstić information content (AvgIpc) is 2.81. The van der Waals surface area contributed by atoms with E-state index in [2.05, 4.69) is 10.6 Å². The second kappa shape index (κ2) is 11.9. The number of para-hydroxylation sites is 1. The van der Waals surface area contributed by atoms with Crippen LogP contribution in [0.15, 0.2) is 72.8 Å². The van der Waals surface area contributed by atoms with Crippen molar-refractivity contribution in [2.24, 2.45) is 0 Å². The zero-order chi connectivity index (χ0) is 23.6. The number of rotatable bonds is 10. The number of anilines is 2. The molecule has 0 unspecified atom stereocenters. The second-order valence-corrected chi connectivity index (χ2v) is 7.62. The third-order valence-electron chi connectivity index (χ3n) is 4.72. The Morgan fingerprint density at radius 3 is 2.27 bits per heavy atom. The number of nitrogens with zero attached hydrogens (tertiary/aromatic N) is 1. The first kappa shape index (κ1) is 24.1. The van der Waals surface area contributed by atoms with Crippen LogP contribution in [0.4, 0.5) is 11.4 Å². The van der Waals surface area contributed by atoms with Crippen LogP contribution in [0.2, 0.25) is 5.02 Å². The highest BCUT2D eigenvalue weighted by Crippen LogP contribution is 2.32. The molecule has 0 aliphatic carbocycles. The first-order valence-corrected chi connectivity index (χ1v) is 10.8. The van der Waals surface area contributed by atoms with Crippen molar-refractivity contribution in [1.82, 2.24) is 4.90 Å². The van der Waals surface area contributed by atoms with Crippen molar-refractivity contribution in [3.05, 3.63) is 77.8 Å². The van der Waals surface area contributed by atoms with Crippen molar-refractivity contribution < 1.29 is 19.1 Å². The van der Waals surface area contributed by atoms with Crippen LogP contribution in [-0.2, 0) is 9.59 Å². The van der Waals surface area contributed by atoms with Gasteiger partial charge in [0.15, 0.2) is 5.75 Å². The van der Waals surface area contributed by atoms with Crippen molar-refractivity contribution in [3.8, 4) is 17.2 Å². The minimum absolute atomic E-state index is 0.0271. The number of nitrogens with one attached hydrogen (secondary N) is 2. The third-order valence-corrected chi connectivity index (χ3v) is 4.96. The predicted molar refractivity (Wildman–Crippen MR) is 130 cm³/mol. The van der Waals surface area contributed by atoms with Gasteiger partial charge in [-0.05, 0) is 49.0 Å². The number of carbonyl (C=O) groups is 2. The summed E-state index contributed by atoms with van der Waals surface area (Å²) in [4.78, 5) is 26.9. The number of benzene rings is 3. The first-order valence-electron chi connectivity index (χ1n) is 10.5. The molecule has 0 heterocycles. The van der Waals surface area contributed by atoms with Gasteiger partial charge in [-0.1, -0.05) is 42.8 Å². The summed E-state index contributed by atoms with van der Waals surface area (Å²) in [7, 11) is 1.56. The molecule has 0 saturated heterocycles. The largest absolute Gasteiger partial charge is 0.497 e. The summed E-state index contributed by atoms with van der Waals surface area (Å²) in [6.07, 6.45) is 0. The van der Waals surface area contributed by atoms with Gasteiger partial charge in [-0.3, -0.25) is 14.5 Å². The molecule has 0 fully saturated rings. The summed E-state index contributed by atoms with van der Waals surface area (Å²) in [5.41, 5.74) is 1.08. The Hall–Kier alpha value is -3.55. The molecular weight excluding hydrogens is 442 g/mol. The van der Waals surface area contributed by atoms with E-state index in [-0.39, 0.29) is 24.9 Å². The number of hydrogen-bond donors (Lipinski definition) is 2. The number of amides is 2. The van der Waals surface area contributed by atoms with Gasteiger partial charge in [0.05, 0.1) is 25.9 Å². The maximum Gasteiger partial charge on any atom is 0.238 e. The summed E-state index contributed by atoms with van der Waals surface area (Å²) in [6, 6.07) is 21.4. The standard InChI is InChI=1S/C25H26ClN3O4/c1-3-29(16-24(30)27-19-8-7-11-21(15-19)32-2)17-25(31)28-22-14-18(26)12-13-23(22)33-20-9-5-4-6-10-20/h4-15H,3,16-17H2,1-2H3,(H,27,30)(H,28,31). The van der Waals surface area contributed by atoms with Gasteiger partial charge in [-0.25, -0.2) is 0 Å². The monoisotopic (exact) mass is 467 g/mol. The predicted octanol–water partition coefficient (Wildman–Crippen LogP) is 5.04. The van der Waals surface area contributed by atoms with Gasteiger partial charge >= 0.3 is 0 Å². The lowest BCUT2D eigenvalue weighted by molar-refractivity contribution is -0.119. The van der Waals surface area contributed by atoms with Crippen molar-refractivity contribution >= 4 is 34.8 Å². The SMILES string of the molecule is CCN(CC(=O)Nc1cccc(OC)c1)CC(=O)Nc1cc(Cl)ccc1Oc1ccccc1. The highest BCUT2D eigenvalue weighted by Gasteiger charge is 2.16. The third kappa shape index (κ3) is 7.52. The van der Waals surface area contributed by atoms with Gasteiger partial charge < -0.3 is 20.1 Å². The summed E-state index contributed by atoms with van der Waals surface area (Å²) < 4.78 is 11.1. The summed E-state index contributed by atoms with van der Waals surface area (Å²) >= 11 is 6.12. The van der Waals surface area contributed by atoms with Crippen molar-refractivity contribution in [1.29, 1.82) is 0 Å². The topological polar surface area (TPSA) is 79.9 Å². The quantitative estimate of drug-likeness (QED) is 0.436. The molecule has 2 amide bonds. The molecule has 3 rings (SSSR count). The van der Waals surface area contributed by atoms with Crippen LogP contribution in [0.5, 0.6) is 17.2 Å². The lowest BCUT2D eigenvalue weighted by Gasteiger charge is -2.20. The fourth-order valence-electron chi connectivity index (χ4n) is 3.08. The number of likely N-dealkylation sites (N-methyl/N-ethyl adjacent to an activating group) is 1. The van der Waals surface area contributed by atoms with Gasteiger partial charge in [-0.2, -0.15) is 0 Å². The molecule has 0 saturated carbocycles. The van der Waals surface area contributed by atoms with E-state index in [1.54, 1.807) is 54.5 Å². The van der Waals surface area contributed by atoms with Crippen LogP contribution < -0.4 is 20.1 Å². The first-order chi connectivity index (χ1) is 16.0. The Kier molecular flexibility index (Phi) is 8.69. The van der Waals surface area contributed by atoms with Gasteiger partial charge in [0.1, 0.15) is 11.5 Å². The molecule has 2 N–H and O–H groups in total. The van der Waals surface area contributed by atoms with Gasteiger partial charge in [0.2, 0.25) is 11.8 Å². The summed E-state index contributed by atoms with van der Waals surface area (Å²) in [5.74, 6) is 1.24. The summed E-state index contributed by atoms with van der Waals surface area (Å²) in [6.45, 7) is 2.49. The van der Waals surface area contributed by atoms with E-state index in [0.717, 1.165) is 0 Å². The van der Waals surface area contributed by atoms with Crippen molar-refractivity contribution in [3.63, 3.8) is 0 Å². The summed E-state index contributed by atoms with van der Waals surface area (Å²) in [5, 5.41) is 6.12. The zero-order valence-electron chi connectivity index (χ0n) is 18.5. The normalized spacial score (nSPS) is 10.5. The Bertz CT molecular complexity index is 1090. The number of carbonyl (C=O) groups excluding carboxylic acids is 2. The molecule has 0 spiro atoms. The fourth-order valence-corrected chi connectivity index (χ4v) is 3.25. The molecule has 0 bridgehead atoms. The van der Waals surface area contributed by atoms with Crippen LogP contribution in [0.25, 0.3) is 0 Å². The van der Waals surface area contributed by atoms with E-state index >= 15 is 0 Å². The number of hydrogen-bond acceptors (Lipinski definition) is 5. The molecule has 0 aliphatic heterocycles. The molecule has 7 nitrogen and oxygen atoms in total. The molecular formula is C25H26ClN3O4. The molecule has 8 heteroatoms. The molecule has 172 valence electrons. The maximum atomic E-state index is 12.7. The smallest absolute Gasteiger partial charge is 0.238 e. The van der Waals surface area contributed by atoms with Crippen molar-refractivity contribution in [2.75, 3.05) is 37.4 Å². The van der Waals surface area contributed by atoms with Crippen LogP contribution in [-0.4, -0.2) is 43.5 Å². The van der Waals surface area contributed by atoms with E-state index in [9.17, 15) is 9.59 Å². The number of halogens is 1. The molecule has 33 heavy (non-hydrogen) atoms.